The molecule has 0 aliphatic heterocycles. The predicted molar refractivity (Wildman–Crippen MR) is 213 cm³/mol. The third-order valence-electron chi connectivity index (χ3n) is 10.5. The first-order valence-electron chi connectivity index (χ1n) is 17.4. The van der Waals surface area contributed by atoms with Crippen LogP contribution in [0.15, 0.2) is 186 Å². The normalized spacial score (nSPS) is 11.9. The molecule has 0 amide bonds. The van der Waals surface area contributed by atoms with Gasteiger partial charge >= 0.3 is 0 Å². The molecular weight excluding hydrogens is 621 g/mol. The third kappa shape index (κ3) is 4.06. The van der Waals surface area contributed by atoms with Crippen LogP contribution in [0.5, 0.6) is 0 Å². The largest absolute Gasteiger partial charge is 0.455 e. The number of furan rings is 1. The zero-order valence-electron chi connectivity index (χ0n) is 27.6. The molecule has 0 radical (unpaired) electrons. The van der Waals surface area contributed by atoms with Crippen LogP contribution in [0, 0.1) is 0 Å². The van der Waals surface area contributed by atoms with E-state index in [1.165, 1.54) is 43.6 Å². The molecule has 51 heavy (non-hydrogen) atoms. The van der Waals surface area contributed by atoms with Gasteiger partial charge in [-0.15, -0.1) is 0 Å². The van der Waals surface area contributed by atoms with Crippen molar-refractivity contribution in [1.29, 1.82) is 0 Å². The van der Waals surface area contributed by atoms with Gasteiger partial charge in [-0.3, -0.25) is 0 Å². The molecule has 11 rings (SSSR count). The van der Waals surface area contributed by atoms with Gasteiger partial charge in [0.25, 0.3) is 0 Å². The van der Waals surface area contributed by atoms with Crippen molar-refractivity contribution in [3.05, 3.63) is 182 Å². The number of benzene rings is 8. The second-order valence-corrected chi connectivity index (χ2v) is 13.3. The molecule has 0 spiro atoms. The Bertz CT molecular complexity index is 3110. The van der Waals surface area contributed by atoms with Gasteiger partial charge in [0.1, 0.15) is 11.2 Å². The quantitative estimate of drug-likeness (QED) is 0.186. The standard InChI is InChI=1S/C48H30N2O/c1-3-13-31(14-4-1)35-19-11-21-41-42-22-12-20-36(48(42)51-47(35)41)32-25-27-34(28-26-32)50-44-24-10-8-18-38(44)40-30-29-39-37-17-7-9-23-43(37)49(45(39)46(40)50)33-15-5-2-6-16-33/h1-30H. The fourth-order valence-electron chi connectivity index (χ4n) is 8.30. The lowest BCUT2D eigenvalue weighted by Crippen LogP contribution is -1.98. The molecular formula is C48H30N2O. The Morgan fingerprint density at radius 2 is 0.725 bits per heavy atom. The third-order valence-corrected chi connectivity index (χ3v) is 10.5. The summed E-state index contributed by atoms with van der Waals surface area (Å²) in [5.41, 5.74) is 13.4. The number of rotatable bonds is 4. The molecule has 0 aliphatic carbocycles. The molecule has 0 atom stereocenters. The van der Waals surface area contributed by atoms with E-state index < -0.39 is 0 Å². The van der Waals surface area contributed by atoms with Gasteiger partial charge in [-0.25, -0.2) is 0 Å². The molecule has 0 N–H and O–H groups in total. The first-order chi connectivity index (χ1) is 25.3. The number of nitrogens with zero attached hydrogens (tertiary/aromatic N) is 2. The molecule has 3 nitrogen and oxygen atoms in total. The van der Waals surface area contributed by atoms with Gasteiger partial charge in [-0.2, -0.15) is 0 Å². The van der Waals surface area contributed by atoms with Crippen LogP contribution in [0.1, 0.15) is 0 Å². The Labute approximate surface area is 293 Å². The van der Waals surface area contributed by atoms with Crippen LogP contribution in [-0.2, 0) is 0 Å². The minimum absolute atomic E-state index is 0.912. The molecule has 238 valence electrons. The molecule has 0 bridgehead atoms. The van der Waals surface area contributed by atoms with E-state index >= 15 is 0 Å². The Morgan fingerprint density at radius 1 is 0.294 bits per heavy atom. The number of fused-ring (bicyclic) bond motifs is 10. The molecule has 3 aromatic heterocycles. The van der Waals surface area contributed by atoms with E-state index in [0.29, 0.717) is 0 Å². The van der Waals surface area contributed by atoms with Gasteiger partial charge in [0.15, 0.2) is 0 Å². The molecule has 0 unspecified atom stereocenters. The summed E-state index contributed by atoms with van der Waals surface area (Å²) in [6.45, 7) is 0. The van der Waals surface area contributed by atoms with Crippen LogP contribution in [0.3, 0.4) is 0 Å². The lowest BCUT2D eigenvalue weighted by atomic mass is 10.00. The number of hydrogen-bond acceptors (Lipinski definition) is 1. The van der Waals surface area contributed by atoms with Crippen molar-refractivity contribution < 1.29 is 4.42 Å². The second kappa shape index (κ2) is 10.8. The van der Waals surface area contributed by atoms with E-state index in [2.05, 4.69) is 191 Å². The van der Waals surface area contributed by atoms with E-state index in [-0.39, 0.29) is 0 Å². The highest BCUT2D eigenvalue weighted by molar-refractivity contribution is 6.24. The first kappa shape index (κ1) is 28.0. The van der Waals surface area contributed by atoms with Crippen molar-refractivity contribution >= 4 is 65.6 Å². The predicted octanol–water partition coefficient (Wildman–Crippen LogP) is 13.1. The van der Waals surface area contributed by atoms with E-state index in [0.717, 1.165) is 55.6 Å². The average Bonchev–Trinajstić information content (AvgIpc) is 3.87. The maximum absolute atomic E-state index is 6.77. The van der Waals surface area contributed by atoms with Crippen LogP contribution < -0.4 is 0 Å². The Kier molecular flexibility index (Phi) is 5.96. The summed E-state index contributed by atoms with van der Waals surface area (Å²) >= 11 is 0. The van der Waals surface area contributed by atoms with Crippen molar-refractivity contribution in [2.24, 2.45) is 0 Å². The molecule has 3 heterocycles. The molecule has 0 saturated heterocycles. The maximum atomic E-state index is 6.77. The minimum atomic E-state index is 0.912. The molecule has 0 saturated carbocycles. The van der Waals surface area contributed by atoms with E-state index in [1.54, 1.807) is 0 Å². The average molecular weight is 651 g/mol. The fraction of sp³-hybridized carbons (Fsp3) is 0. The van der Waals surface area contributed by atoms with Gasteiger partial charge in [-0.05, 0) is 47.5 Å². The smallest absolute Gasteiger partial charge is 0.143 e. The van der Waals surface area contributed by atoms with Crippen LogP contribution in [-0.4, -0.2) is 9.13 Å². The van der Waals surface area contributed by atoms with E-state index in [9.17, 15) is 0 Å². The SMILES string of the molecule is c1ccc(-c2cccc3c2oc2c(-c4ccc(-n5c6ccccc6c6ccc7c8ccccc8n(-c8ccccc8)c7c65)cc4)cccc23)cc1. The van der Waals surface area contributed by atoms with Crippen molar-refractivity contribution in [3.8, 4) is 33.6 Å². The Morgan fingerprint density at radius 3 is 1.27 bits per heavy atom. The first-order valence-corrected chi connectivity index (χ1v) is 17.4. The highest BCUT2D eigenvalue weighted by atomic mass is 16.3. The van der Waals surface area contributed by atoms with Crippen LogP contribution in [0.4, 0.5) is 0 Å². The highest BCUT2D eigenvalue weighted by Gasteiger charge is 2.21. The van der Waals surface area contributed by atoms with Crippen LogP contribution >= 0.6 is 0 Å². The van der Waals surface area contributed by atoms with Crippen molar-refractivity contribution in [3.63, 3.8) is 0 Å². The zero-order chi connectivity index (χ0) is 33.5. The van der Waals surface area contributed by atoms with Gasteiger partial charge in [0.05, 0.1) is 22.1 Å². The Hall–Kier alpha value is -6.84. The van der Waals surface area contributed by atoms with Crippen LogP contribution in [0.2, 0.25) is 0 Å². The van der Waals surface area contributed by atoms with Crippen molar-refractivity contribution in [2.75, 3.05) is 0 Å². The second-order valence-electron chi connectivity index (χ2n) is 13.3. The van der Waals surface area contributed by atoms with Crippen molar-refractivity contribution in [1.82, 2.24) is 9.13 Å². The van der Waals surface area contributed by atoms with Gasteiger partial charge in [-0.1, -0.05) is 146 Å². The summed E-state index contributed by atoms with van der Waals surface area (Å²) in [7, 11) is 0. The number of aromatic nitrogens is 2. The minimum Gasteiger partial charge on any atom is -0.455 e. The summed E-state index contributed by atoms with van der Waals surface area (Å²) in [5.74, 6) is 0. The number of para-hydroxylation sites is 5. The van der Waals surface area contributed by atoms with E-state index in [4.69, 9.17) is 4.42 Å². The van der Waals surface area contributed by atoms with Crippen LogP contribution in [0.25, 0.3) is 99.2 Å². The zero-order valence-corrected chi connectivity index (χ0v) is 27.6. The lowest BCUT2D eigenvalue weighted by molar-refractivity contribution is 0.671. The monoisotopic (exact) mass is 650 g/mol. The molecule has 8 aromatic carbocycles. The molecule has 0 fully saturated rings. The van der Waals surface area contributed by atoms with E-state index in [1.807, 2.05) is 0 Å². The summed E-state index contributed by atoms with van der Waals surface area (Å²) in [6.07, 6.45) is 0. The molecule has 3 heteroatoms. The lowest BCUT2D eigenvalue weighted by Gasteiger charge is -2.13. The topological polar surface area (TPSA) is 23.0 Å². The van der Waals surface area contributed by atoms with Gasteiger partial charge < -0.3 is 13.6 Å². The van der Waals surface area contributed by atoms with Gasteiger partial charge in [0.2, 0.25) is 0 Å². The number of hydrogen-bond donors (Lipinski definition) is 0. The van der Waals surface area contributed by atoms with Crippen molar-refractivity contribution in [2.45, 2.75) is 0 Å². The summed E-state index contributed by atoms with van der Waals surface area (Å²) in [4.78, 5) is 0. The summed E-state index contributed by atoms with van der Waals surface area (Å²) in [6, 6.07) is 65.3. The highest BCUT2D eigenvalue weighted by Crippen LogP contribution is 2.43. The molecule has 11 aromatic rings. The fourth-order valence-corrected chi connectivity index (χ4v) is 8.30. The molecule has 0 aliphatic rings. The van der Waals surface area contributed by atoms with Gasteiger partial charge in [0, 0.05) is 54.8 Å². The Balaban J connectivity index is 1.15. The summed E-state index contributed by atoms with van der Waals surface area (Å²) in [5, 5.41) is 7.23. The maximum Gasteiger partial charge on any atom is 0.143 e. The summed E-state index contributed by atoms with van der Waals surface area (Å²) < 4.78 is 11.6.